The van der Waals surface area contributed by atoms with Crippen LogP contribution in [-0.4, -0.2) is 51.4 Å². The molecule has 1 saturated heterocycles. The summed E-state index contributed by atoms with van der Waals surface area (Å²) in [5, 5.41) is 4.71. The molecule has 184 valence electrons. The molecule has 0 bridgehead atoms. The number of rotatable bonds is 11. The SMILES string of the molecule is C=CCN(CC(=O)N1CCCC[C@H]1c1nc(-c2cccc(Cl)c2)no1)C(=O)[C@H](CC)CCCC. The summed E-state index contributed by atoms with van der Waals surface area (Å²) < 4.78 is 5.58. The number of carbonyl (C=O) groups is 2. The number of likely N-dealkylation sites (tertiary alicyclic amines) is 1. The molecule has 8 heteroatoms. The standard InChI is InChI=1S/C26H35ClN4O3/c1-4-7-11-19(6-3)26(33)30(15-5-2)18-23(32)31-16-9-8-14-22(31)25-28-24(29-34-25)20-12-10-13-21(27)17-20/h5,10,12-13,17,19,22H,2,4,6-9,11,14-16,18H2,1,3H3/t19-,22+/m1/s1. The van der Waals surface area contributed by atoms with Gasteiger partial charge in [0, 0.05) is 29.6 Å². The van der Waals surface area contributed by atoms with Gasteiger partial charge in [-0.3, -0.25) is 9.59 Å². The maximum Gasteiger partial charge on any atom is 0.249 e. The highest BCUT2D eigenvalue weighted by Gasteiger charge is 2.34. The number of halogens is 1. The number of benzene rings is 1. The first-order valence-electron chi connectivity index (χ1n) is 12.3. The molecule has 7 nitrogen and oxygen atoms in total. The zero-order valence-electron chi connectivity index (χ0n) is 20.2. The third kappa shape index (κ3) is 6.47. The number of carbonyl (C=O) groups excluding carboxylic acids is 2. The number of aromatic nitrogens is 2. The Bertz CT molecular complexity index is 976. The lowest BCUT2D eigenvalue weighted by atomic mass is 9.97. The second-order valence-corrected chi connectivity index (χ2v) is 9.26. The summed E-state index contributed by atoms with van der Waals surface area (Å²) in [4.78, 5) is 34.6. The van der Waals surface area contributed by atoms with Gasteiger partial charge in [0.2, 0.25) is 23.5 Å². The van der Waals surface area contributed by atoms with Crippen molar-refractivity contribution in [1.82, 2.24) is 19.9 Å². The van der Waals surface area contributed by atoms with E-state index in [1.165, 1.54) is 0 Å². The second-order valence-electron chi connectivity index (χ2n) is 8.82. The van der Waals surface area contributed by atoms with Gasteiger partial charge in [-0.15, -0.1) is 6.58 Å². The van der Waals surface area contributed by atoms with E-state index in [2.05, 4.69) is 23.6 Å². The molecule has 0 spiro atoms. The van der Waals surface area contributed by atoms with Gasteiger partial charge in [-0.25, -0.2) is 0 Å². The topological polar surface area (TPSA) is 79.5 Å². The molecule has 2 atom stereocenters. The van der Waals surface area contributed by atoms with Crippen LogP contribution in [0, 0.1) is 5.92 Å². The van der Waals surface area contributed by atoms with Crippen molar-refractivity contribution in [3.63, 3.8) is 0 Å². The van der Waals surface area contributed by atoms with Gasteiger partial charge < -0.3 is 14.3 Å². The van der Waals surface area contributed by atoms with Crippen LogP contribution in [0.5, 0.6) is 0 Å². The van der Waals surface area contributed by atoms with Gasteiger partial charge in [-0.2, -0.15) is 4.98 Å². The highest BCUT2D eigenvalue weighted by molar-refractivity contribution is 6.30. The summed E-state index contributed by atoms with van der Waals surface area (Å²) in [6, 6.07) is 6.96. The molecular formula is C26H35ClN4O3. The van der Waals surface area contributed by atoms with Gasteiger partial charge in [-0.05, 0) is 44.2 Å². The molecule has 0 radical (unpaired) electrons. The third-order valence-corrected chi connectivity index (χ3v) is 6.60. The zero-order chi connectivity index (χ0) is 24.5. The lowest BCUT2D eigenvalue weighted by Crippen LogP contribution is -2.47. The number of unbranched alkanes of at least 4 members (excludes halogenated alkanes) is 1. The minimum atomic E-state index is -0.301. The Hall–Kier alpha value is -2.67. The van der Waals surface area contributed by atoms with E-state index in [0.717, 1.165) is 50.5 Å². The van der Waals surface area contributed by atoms with E-state index in [0.29, 0.717) is 29.8 Å². The Labute approximate surface area is 207 Å². The van der Waals surface area contributed by atoms with Gasteiger partial charge in [-0.1, -0.05) is 61.7 Å². The van der Waals surface area contributed by atoms with E-state index >= 15 is 0 Å². The molecule has 2 heterocycles. The first-order chi connectivity index (χ1) is 16.5. The number of hydrogen-bond donors (Lipinski definition) is 0. The zero-order valence-corrected chi connectivity index (χ0v) is 21.0. The van der Waals surface area contributed by atoms with Crippen LogP contribution >= 0.6 is 11.6 Å². The van der Waals surface area contributed by atoms with E-state index in [1.54, 1.807) is 28.0 Å². The minimum absolute atomic E-state index is 0.0267. The molecule has 34 heavy (non-hydrogen) atoms. The Morgan fingerprint density at radius 1 is 1.35 bits per heavy atom. The normalized spacial score (nSPS) is 16.8. The summed E-state index contributed by atoms with van der Waals surface area (Å²) in [5.74, 6) is 0.715. The summed E-state index contributed by atoms with van der Waals surface area (Å²) in [6.45, 7) is 8.91. The highest BCUT2D eigenvalue weighted by atomic mass is 35.5. The quantitative estimate of drug-likeness (QED) is 0.382. The second kappa shape index (κ2) is 12.7. The van der Waals surface area contributed by atoms with Crippen LogP contribution in [0.15, 0.2) is 41.4 Å². The highest BCUT2D eigenvalue weighted by Crippen LogP contribution is 2.32. The van der Waals surface area contributed by atoms with E-state index in [9.17, 15) is 9.59 Å². The average molecular weight is 487 g/mol. The van der Waals surface area contributed by atoms with Crippen molar-refractivity contribution in [3.05, 3.63) is 47.8 Å². The summed E-state index contributed by atoms with van der Waals surface area (Å²) in [6.07, 6.45) is 7.94. The van der Waals surface area contributed by atoms with E-state index in [4.69, 9.17) is 16.1 Å². The van der Waals surface area contributed by atoms with Crippen molar-refractivity contribution < 1.29 is 14.1 Å². The van der Waals surface area contributed by atoms with Crippen molar-refractivity contribution >= 4 is 23.4 Å². The smallest absolute Gasteiger partial charge is 0.249 e. The Kier molecular flexibility index (Phi) is 9.69. The molecule has 1 aromatic carbocycles. The van der Waals surface area contributed by atoms with Crippen LogP contribution in [0.2, 0.25) is 5.02 Å². The first-order valence-corrected chi connectivity index (χ1v) is 12.6. The molecule has 1 aliphatic rings. The fourth-order valence-electron chi connectivity index (χ4n) is 4.46. The molecule has 1 aromatic heterocycles. The van der Waals surface area contributed by atoms with E-state index in [1.807, 2.05) is 19.1 Å². The van der Waals surface area contributed by atoms with Crippen molar-refractivity contribution in [2.75, 3.05) is 19.6 Å². The van der Waals surface area contributed by atoms with Crippen LogP contribution < -0.4 is 0 Å². The first kappa shape index (κ1) is 25.9. The molecular weight excluding hydrogens is 452 g/mol. The van der Waals surface area contributed by atoms with Crippen LogP contribution in [-0.2, 0) is 9.59 Å². The van der Waals surface area contributed by atoms with Gasteiger partial charge in [0.25, 0.3) is 0 Å². The van der Waals surface area contributed by atoms with Crippen molar-refractivity contribution in [2.45, 2.75) is 64.8 Å². The van der Waals surface area contributed by atoms with Gasteiger partial charge >= 0.3 is 0 Å². The largest absolute Gasteiger partial charge is 0.337 e. The van der Waals surface area contributed by atoms with Crippen LogP contribution in [0.4, 0.5) is 0 Å². The number of amides is 2. The Morgan fingerprint density at radius 2 is 2.18 bits per heavy atom. The third-order valence-electron chi connectivity index (χ3n) is 6.37. The van der Waals surface area contributed by atoms with Crippen molar-refractivity contribution in [3.8, 4) is 11.4 Å². The van der Waals surface area contributed by atoms with Crippen LogP contribution in [0.25, 0.3) is 11.4 Å². The van der Waals surface area contributed by atoms with Crippen LogP contribution in [0.1, 0.15) is 70.7 Å². The molecule has 1 aliphatic heterocycles. The Morgan fingerprint density at radius 3 is 2.88 bits per heavy atom. The number of piperidine rings is 1. The molecule has 2 aromatic rings. The predicted octanol–water partition coefficient (Wildman–Crippen LogP) is 5.67. The summed E-state index contributed by atoms with van der Waals surface area (Å²) in [5.41, 5.74) is 0.761. The van der Waals surface area contributed by atoms with Gasteiger partial charge in [0.1, 0.15) is 12.6 Å². The molecule has 0 saturated carbocycles. The molecule has 3 rings (SSSR count). The lowest BCUT2D eigenvalue weighted by Gasteiger charge is -2.35. The molecule has 0 aliphatic carbocycles. The van der Waals surface area contributed by atoms with Gasteiger partial charge in [0.05, 0.1) is 0 Å². The minimum Gasteiger partial charge on any atom is -0.337 e. The summed E-state index contributed by atoms with van der Waals surface area (Å²) >= 11 is 6.10. The monoisotopic (exact) mass is 486 g/mol. The summed E-state index contributed by atoms with van der Waals surface area (Å²) in [7, 11) is 0. The maximum absolute atomic E-state index is 13.4. The van der Waals surface area contributed by atoms with E-state index in [-0.39, 0.29) is 30.3 Å². The fraction of sp³-hybridized carbons (Fsp3) is 0.538. The van der Waals surface area contributed by atoms with E-state index < -0.39 is 0 Å². The van der Waals surface area contributed by atoms with Gasteiger partial charge in [0.15, 0.2) is 0 Å². The average Bonchev–Trinajstić information content (AvgIpc) is 3.34. The maximum atomic E-state index is 13.4. The van der Waals surface area contributed by atoms with Crippen molar-refractivity contribution in [1.29, 1.82) is 0 Å². The molecule has 0 unspecified atom stereocenters. The lowest BCUT2D eigenvalue weighted by molar-refractivity contribution is -0.145. The molecule has 0 N–H and O–H groups in total. The molecule has 2 amide bonds. The van der Waals surface area contributed by atoms with Crippen LogP contribution in [0.3, 0.4) is 0 Å². The molecule has 1 fully saturated rings. The fourth-order valence-corrected chi connectivity index (χ4v) is 4.65. The predicted molar refractivity (Wildman–Crippen MR) is 133 cm³/mol. The van der Waals surface area contributed by atoms with Crippen molar-refractivity contribution in [2.24, 2.45) is 5.92 Å². The Balaban J connectivity index is 1.75. The number of hydrogen-bond acceptors (Lipinski definition) is 5. The number of nitrogens with zero attached hydrogens (tertiary/aromatic N) is 4.